The molecule has 0 unspecified atom stereocenters. The highest BCUT2D eigenvalue weighted by Gasteiger charge is 2.18. The number of nitrogens with zero attached hydrogens (tertiary/aromatic N) is 3. The Hall–Kier alpha value is -3.06. The fourth-order valence-corrected chi connectivity index (χ4v) is 2.98. The molecule has 1 N–H and O–H groups in total. The van der Waals surface area contributed by atoms with Crippen LogP contribution in [0.15, 0.2) is 49.2 Å². The highest BCUT2D eigenvalue weighted by atomic mass is 35.5. The Morgan fingerprint density at radius 3 is 2.93 bits per heavy atom. The lowest BCUT2D eigenvalue weighted by atomic mass is 10.1. The number of ether oxygens (including phenoxy) is 2. The summed E-state index contributed by atoms with van der Waals surface area (Å²) < 4.78 is 13.0. The summed E-state index contributed by atoms with van der Waals surface area (Å²) in [5.41, 5.74) is 1.31. The van der Waals surface area contributed by atoms with Crippen molar-refractivity contribution in [2.45, 2.75) is 13.0 Å². The Morgan fingerprint density at radius 2 is 2.15 bits per heavy atom. The number of hydrogen-bond acceptors (Lipinski definition) is 5. The van der Waals surface area contributed by atoms with Gasteiger partial charge in [0.25, 0.3) is 5.91 Å². The van der Waals surface area contributed by atoms with Gasteiger partial charge >= 0.3 is 0 Å². The Morgan fingerprint density at radius 1 is 1.26 bits per heavy atom. The molecule has 0 atom stereocenters. The molecule has 1 amide bonds. The van der Waals surface area contributed by atoms with E-state index in [1.165, 1.54) is 0 Å². The van der Waals surface area contributed by atoms with Gasteiger partial charge in [-0.2, -0.15) is 0 Å². The average molecular weight is 385 g/mol. The smallest absolute Gasteiger partial charge is 0.251 e. The predicted molar refractivity (Wildman–Crippen MR) is 99.6 cm³/mol. The van der Waals surface area contributed by atoms with E-state index in [0.717, 1.165) is 17.8 Å². The predicted octanol–water partition coefficient (Wildman–Crippen LogP) is 3.01. The Bertz CT molecular complexity index is 942. The number of halogens is 1. The van der Waals surface area contributed by atoms with E-state index in [4.69, 9.17) is 21.1 Å². The second-order valence-corrected chi connectivity index (χ2v) is 6.42. The van der Waals surface area contributed by atoms with Crippen molar-refractivity contribution < 1.29 is 14.3 Å². The van der Waals surface area contributed by atoms with Gasteiger partial charge in [-0.15, -0.1) is 0 Å². The van der Waals surface area contributed by atoms with Crippen LogP contribution in [0, 0.1) is 0 Å². The van der Waals surface area contributed by atoms with Gasteiger partial charge in [0.2, 0.25) is 0 Å². The third kappa shape index (κ3) is 3.88. The summed E-state index contributed by atoms with van der Waals surface area (Å²) in [5.74, 6) is 1.50. The second-order valence-electron chi connectivity index (χ2n) is 6.01. The second kappa shape index (κ2) is 7.67. The van der Waals surface area contributed by atoms with Gasteiger partial charge in [-0.25, -0.2) is 9.97 Å². The Balaban J connectivity index is 1.43. The minimum Gasteiger partial charge on any atom is -0.489 e. The first-order valence-electron chi connectivity index (χ1n) is 8.51. The number of fused-ring (bicyclic) bond motifs is 1. The van der Waals surface area contributed by atoms with Crippen LogP contribution in [0.4, 0.5) is 0 Å². The maximum Gasteiger partial charge on any atom is 0.251 e. The van der Waals surface area contributed by atoms with Crippen LogP contribution in [-0.4, -0.2) is 33.7 Å². The zero-order valence-corrected chi connectivity index (χ0v) is 15.1. The molecule has 138 valence electrons. The van der Waals surface area contributed by atoms with Crippen LogP contribution in [0.5, 0.6) is 11.5 Å². The summed E-state index contributed by atoms with van der Waals surface area (Å²) in [6, 6.07) is 7.02. The van der Waals surface area contributed by atoms with Gasteiger partial charge in [-0.1, -0.05) is 17.7 Å². The van der Waals surface area contributed by atoms with E-state index in [0.29, 0.717) is 41.8 Å². The first-order chi connectivity index (χ1) is 13.2. The molecule has 0 spiro atoms. The Kier molecular flexibility index (Phi) is 4.93. The number of nitrogens with one attached hydrogen (secondary N) is 1. The number of aromatic nitrogens is 3. The normalized spacial score (nSPS) is 13.1. The number of amides is 1. The highest BCUT2D eigenvalue weighted by Crippen LogP contribution is 2.37. The minimum absolute atomic E-state index is 0.244. The monoisotopic (exact) mass is 384 g/mol. The standard InChI is InChI=1S/C19H17ClN4O3/c20-15-8-14(9-16-18(15)27-7-1-6-26-16)19(25)23-11-13-2-3-17(22-10-13)24-5-4-21-12-24/h2-5,8-10,12H,1,6-7,11H2,(H,23,25). The fraction of sp³-hybridized carbons (Fsp3) is 0.211. The number of carbonyl (C=O) groups excluding carboxylic acids is 1. The van der Waals surface area contributed by atoms with Crippen molar-refractivity contribution >= 4 is 17.5 Å². The number of pyridine rings is 1. The van der Waals surface area contributed by atoms with Gasteiger partial charge in [-0.05, 0) is 23.8 Å². The van der Waals surface area contributed by atoms with E-state index >= 15 is 0 Å². The van der Waals surface area contributed by atoms with Crippen LogP contribution in [0.2, 0.25) is 5.02 Å². The molecule has 3 aromatic rings. The molecule has 4 rings (SSSR count). The molecule has 0 radical (unpaired) electrons. The van der Waals surface area contributed by atoms with E-state index in [9.17, 15) is 4.79 Å². The molecule has 0 fully saturated rings. The van der Waals surface area contributed by atoms with E-state index < -0.39 is 0 Å². The molecule has 8 heteroatoms. The van der Waals surface area contributed by atoms with Crippen molar-refractivity contribution in [1.82, 2.24) is 19.9 Å². The van der Waals surface area contributed by atoms with Crippen molar-refractivity contribution in [3.63, 3.8) is 0 Å². The molecule has 27 heavy (non-hydrogen) atoms. The van der Waals surface area contributed by atoms with E-state index in [-0.39, 0.29) is 5.91 Å². The molecule has 2 aromatic heterocycles. The SMILES string of the molecule is O=C(NCc1ccc(-n2ccnc2)nc1)c1cc(Cl)c2c(c1)OCCCO2. The molecule has 3 heterocycles. The summed E-state index contributed by atoms with van der Waals surface area (Å²) in [6.07, 6.45) is 7.68. The van der Waals surface area contributed by atoms with Crippen LogP contribution in [0.3, 0.4) is 0 Å². The van der Waals surface area contributed by atoms with Gasteiger partial charge in [0.15, 0.2) is 11.5 Å². The van der Waals surface area contributed by atoms with Crippen molar-refractivity contribution in [3.8, 4) is 17.3 Å². The zero-order chi connectivity index (χ0) is 18.6. The summed E-state index contributed by atoms with van der Waals surface area (Å²) in [5, 5.41) is 3.23. The van der Waals surface area contributed by atoms with Crippen LogP contribution < -0.4 is 14.8 Å². The molecule has 0 saturated heterocycles. The average Bonchev–Trinajstić information content (AvgIpc) is 3.12. The minimum atomic E-state index is -0.244. The number of rotatable bonds is 4. The van der Waals surface area contributed by atoms with Crippen LogP contribution in [0.25, 0.3) is 5.82 Å². The number of hydrogen-bond donors (Lipinski definition) is 1. The molecule has 1 aliphatic heterocycles. The Labute approximate surface area is 160 Å². The molecule has 0 aliphatic carbocycles. The first kappa shape index (κ1) is 17.4. The lowest BCUT2D eigenvalue weighted by Gasteiger charge is -2.12. The van der Waals surface area contributed by atoms with Gasteiger partial charge in [0.05, 0.1) is 18.2 Å². The van der Waals surface area contributed by atoms with E-state index in [1.54, 1.807) is 30.9 Å². The summed E-state index contributed by atoms with van der Waals surface area (Å²) >= 11 is 6.24. The van der Waals surface area contributed by atoms with Gasteiger partial charge in [0.1, 0.15) is 12.1 Å². The quantitative estimate of drug-likeness (QED) is 0.748. The topological polar surface area (TPSA) is 78.3 Å². The maximum atomic E-state index is 12.5. The van der Waals surface area contributed by atoms with Crippen molar-refractivity contribution in [2.24, 2.45) is 0 Å². The third-order valence-corrected chi connectivity index (χ3v) is 4.38. The highest BCUT2D eigenvalue weighted by molar-refractivity contribution is 6.32. The number of benzene rings is 1. The maximum absolute atomic E-state index is 12.5. The zero-order valence-electron chi connectivity index (χ0n) is 14.4. The molecule has 1 aliphatic rings. The molecule has 1 aromatic carbocycles. The van der Waals surface area contributed by atoms with Crippen molar-refractivity contribution in [3.05, 3.63) is 65.3 Å². The number of imidazole rings is 1. The summed E-state index contributed by atoms with van der Waals surface area (Å²) in [4.78, 5) is 20.9. The third-order valence-electron chi connectivity index (χ3n) is 4.10. The lowest BCUT2D eigenvalue weighted by molar-refractivity contribution is 0.0950. The van der Waals surface area contributed by atoms with Crippen LogP contribution in [-0.2, 0) is 6.54 Å². The van der Waals surface area contributed by atoms with E-state index in [1.807, 2.05) is 22.9 Å². The van der Waals surface area contributed by atoms with Crippen molar-refractivity contribution in [1.29, 1.82) is 0 Å². The summed E-state index contributed by atoms with van der Waals surface area (Å²) in [7, 11) is 0. The molecular formula is C19H17ClN4O3. The first-order valence-corrected chi connectivity index (χ1v) is 8.89. The number of carbonyl (C=O) groups is 1. The van der Waals surface area contributed by atoms with Gasteiger partial charge in [0, 0.05) is 37.1 Å². The van der Waals surface area contributed by atoms with E-state index in [2.05, 4.69) is 15.3 Å². The fourth-order valence-electron chi connectivity index (χ4n) is 2.71. The molecule has 0 saturated carbocycles. The van der Waals surface area contributed by atoms with Gasteiger partial charge in [-0.3, -0.25) is 9.36 Å². The van der Waals surface area contributed by atoms with Crippen LogP contribution >= 0.6 is 11.6 Å². The van der Waals surface area contributed by atoms with Crippen LogP contribution in [0.1, 0.15) is 22.3 Å². The molecule has 0 bridgehead atoms. The molecule has 7 nitrogen and oxygen atoms in total. The largest absolute Gasteiger partial charge is 0.489 e. The summed E-state index contributed by atoms with van der Waals surface area (Å²) in [6.45, 7) is 1.42. The van der Waals surface area contributed by atoms with Gasteiger partial charge < -0.3 is 14.8 Å². The molecular weight excluding hydrogens is 368 g/mol. The van der Waals surface area contributed by atoms with Crippen molar-refractivity contribution in [2.75, 3.05) is 13.2 Å². The lowest BCUT2D eigenvalue weighted by Crippen LogP contribution is -2.23.